The largest absolute Gasteiger partial charge is 0.497 e. The summed E-state index contributed by atoms with van der Waals surface area (Å²) in [6.45, 7) is 0. The van der Waals surface area contributed by atoms with Crippen molar-refractivity contribution < 1.29 is 14.6 Å². The molecule has 4 aromatic rings. The second-order valence-electron chi connectivity index (χ2n) is 7.83. The predicted molar refractivity (Wildman–Crippen MR) is 161 cm³/mol. The summed E-state index contributed by atoms with van der Waals surface area (Å²) in [5, 5.41) is 12.6. The van der Waals surface area contributed by atoms with Gasteiger partial charge in [0, 0.05) is 41.0 Å². The van der Waals surface area contributed by atoms with Crippen molar-refractivity contribution in [3.63, 3.8) is 0 Å². The second-order valence-corrected chi connectivity index (χ2v) is 11.3. The minimum Gasteiger partial charge on any atom is -0.497 e. The van der Waals surface area contributed by atoms with E-state index in [0.29, 0.717) is 37.6 Å². The van der Waals surface area contributed by atoms with Gasteiger partial charge in [-0.15, -0.1) is 0 Å². The Bertz CT molecular complexity index is 1300. The standard InChI is InChI=1S/C14H11BrCl2O2.C14H11BrCl2O/c1-19-10-4-2-8(3-5-10)14(18)13-11(16)6-9(15)7-12(13)17;1-18-11-4-2-9(3-5-11)6-12-13(16)7-10(15)8-14(12)17/h2-7,14,18H,1H3;2-5,7-8H,6H2,1H3. The molecule has 0 radical (unpaired) electrons. The van der Waals surface area contributed by atoms with Gasteiger partial charge in [0.25, 0.3) is 0 Å². The highest BCUT2D eigenvalue weighted by atomic mass is 79.9. The molecule has 0 spiro atoms. The van der Waals surface area contributed by atoms with Crippen molar-refractivity contribution in [2.24, 2.45) is 0 Å². The maximum atomic E-state index is 10.4. The third kappa shape index (κ3) is 8.27. The molecule has 194 valence electrons. The van der Waals surface area contributed by atoms with E-state index in [2.05, 4.69) is 31.9 Å². The third-order valence-corrected chi connectivity index (χ3v) is 7.61. The van der Waals surface area contributed by atoms with Crippen molar-refractivity contribution in [2.75, 3.05) is 14.2 Å². The smallest absolute Gasteiger partial charge is 0.118 e. The van der Waals surface area contributed by atoms with E-state index < -0.39 is 6.10 Å². The molecule has 37 heavy (non-hydrogen) atoms. The summed E-state index contributed by atoms with van der Waals surface area (Å²) >= 11 is 31.4. The molecule has 0 aliphatic rings. The zero-order valence-corrected chi connectivity index (χ0v) is 25.9. The van der Waals surface area contributed by atoms with Crippen LogP contribution in [0, 0.1) is 0 Å². The number of hydrogen-bond donors (Lipinski definition) is 1. The van der Waals surface area contributed by atoms with Crippen LogP contribution in [0.5, 0.6) is 11.5 Å². The molecule has 4 aromatic carbocycles. The molecule has 0 amide bonds. The fraction of sp³-hybridized carbons (Fsp3) is 0.143. The van der Waals surface area contributed by atoms with Gasteiger partial charge >= 0.3 is 0 Å². The molecule has 0 heterocycles. The predicted octanol–water partition coefficient (Wildman–Crippen LogP) is 10.2. The van der Waals surface area contributed by atoms with Gasteiger partial charge in [0.2, 0.25) is 0 Å². The van der Waals surface area contributed by atoms with Gasteiger partial charge in [-0.25, -0.2) is 0 Å². The van der Waals surface area contributed by atoms with Crippen LogP contribution in [-0.4, -0.2) is 19.3 Å². The normalized spacial score (nSPS) is 11.4. The minimum absolute atomic E-state index is 0.419. The molecule has 0 bridgehead atoms. The van der Waals surface area contributed by atoms with Crippen LogP contribution in [-0.2, 0) is 6.42 Å². The van der Waals surface area contributed by atoms with E-state index in [9.17, 15) is 5.11 Å². The molecule has 0 aliphatic carbocycles. The van der Waals surface area contributed by atoms with Crippen LogP contribution in [0.2, 0.25) is 20.1 Å². The van der Waals surface area contributed by atoms with Crippen LogP contribution in [0.15, 0.2) is 81.7 Å². The van der Waals surface area contributed by atoms with Gasteiger partial charge in [-0.05, 0) is 65.2 Å². The summed E-state index contributed by atoms with van der Waals surface area (Å²) in [5.74, 6) is 1.57. The van der Waals surface area contributed by atoms with E-state index in [0.717, 1.165) is 31.6 Å². The summed E-state index contributed by atoms with van der Waals surface area (Å²) in [7, 11) is 3.24. The number of halogens is 6. The van der Waals surface area contributed by atoms with Gasteiger partial charge in [0.1, 0.15) is 17.6 Å². The number of aliphatic hydroxyl groups excluding tert-OH is 1. The molecule has 0 fully saturated rings. The molecule has 1 unspecified atom stereocenters. The molecule has 1 atom stereocenters. The van der Waals surface area contributed by atoms with E-state index in [4.69, 9.17) is 55.9 Å². The first kappa shape index (κ1) is 30.1. The molecular formula is C28H22Br2Cl4O3. The zero-order chi connectivity index (χ0) is 27.1. The molecule has 4 rings (SSSR count). The molecule has 1 N–H and O–H groups in total. The Morgan fingerprint density at radius 2 is 1.08 bits per heavy atom. The van der Waals surface area contributed by atoms with Crippen LogP contribution in [0.25, 0.3) is 0 Å². The lowest BCUT2D eigenvalue weighted by atomic mass is 10.0. The lowest BCUT2D eigenvalue weighted by Gasteiger charge is -2.15. The lowest BCUT2D eigenvalue weighted by molar-refractivity contribution is 0.220. The van der Waals surface area contributed by atoms with E-state index in [1.807, 2.05) is 36.4 Å². The van der Waals surface area contributed by atoms with E-state index in [1.165, 1.54) is 0 Å². The van der Waals surface area contributed by atoms with Gasteiger partial charge in [0.05, 0.1) is 14.2 Å². The monoisotopic (exact) mass is 704 g/mol. The highest BCUT2D eigenvalue weighted by Gasteiger charge is 2.18. The number of rotatable bonds is 6. The van der Waals surface area contributed by atoms with Crippen molar-refractivity contribution in [1.29, 1.82) is 0 Å². The fourth-order valence-electron chi connectivity index (χ4n) is 3.46. The van der Waals surface area contributed by atoms with Crippen molar-refractivity contribution in [2.45, 2.75) is 12.5 Å². The maximum absolute atomic E-state index is 10.4. The number of ether oxygens (including phenoxy) is 2. The number of hydrogen-bond acceptors (Lipinski definition) is 3. The van der Waals surface area contributed by atoms with Crippen LogP contribution in [0.4, 0.5) is 0 Å². The Morgan fingerprint density at radius 3 is 1.51 bits per heavy atom. The Labute approximate surface area is 253 Å². The molecule has 0 saturated heterocycles. The highest BCUT2D eigenvalue weighted by molar-refractivity contribution is 9.10. The van der Waals surface area contributed by atoms with Gasteiger partial charge in [-0.1, -0.05) is 103 Å². The van der Waals surface area contributed by atoms with Crippen molar-refractivity contribution in [3.8, 4) is 11.5 Å². The Balaban J connectivity index is 0.000000206. The van der Waals surface area contributed by atoms with E-state index in [-0.39, 0.29) is 0 Å². The Kier molecular flexibility index (Phi) is 11.5. The topological polar surface area (TPSA) is 38.7 Å². The number of aliphatic hydroxyl groups is 1. The van der Waals surface area contributed by atoms with Crippen LogP contribution in [0.3, 0.4) is 0 Å². The summed E-state index contributed by atoms with van der Waals surface area (Å²) in [5.41, 5.74) is 3.28. The SMILES string of the molecule is COc1ccc(C(O)c2c(Cl)cc(Br)cc2Cl)cc1.COc1ccc(Cc2c(Cl)cc(Br)cc2Cl)cc1. The van der Waals surface area contributed by atoms with Crippen molar-refractivity contribution in [3.05, 3.63) is 124 Å². The van der Waals surface area contributed by atoms with E-state index >= 15 is 0 Å². The summed E-state index contributed by atoms with van der Waals surface area (Å²) < 4.78 is 11.9. The molecule has 0 aromatic heterocycles. The second kappa shape index (κ2) is 14.1. The molecular weight excluding hydrogens is 686 g/mol. The molecule has 0 saturated carbocycles. The molecule has 9 heteroatoms. The summed E-state index contributed by atoms with van der Waals surface area (Å²) in [4.78, 5) is 0. The van der Waals surface area contributed by atoms with E-state index in [1.54, 1.807) is 50.6 Å². The minimum atomic E-state index is -0.876. The summed E-state index contributed by atoms with van der Waals surface area (Å²) in [6, 6.07) is 22.1. The number of benzene rings is 4. The van der Waals surface area contributed by atoms with Gasteiger partial charge < -0.3 is 14.6 Å². The van der Waals surface area contributed by atoms with Crippen molar-refractivity contribution >= 4 is 78.3 Å². The number of methoxy groups -OCH3 is 2. The first-order valence-electron chi connectivity index (χ1n) is 10.9. The van der Waals surface area contributed by atoms with Crippen LogP contribution < -0.4 is 9.47 Å². The highest BCUT2D eigenvalue weighted by Crippen LogP contribution is 2.37. The average Bonchev–Trinajstić information content (AvgIpc) is 2.86. The Morgan fingerprint density at radius 1 is 0.676 bits per heavy atom. The van der Waals surface area contributed by atoms with Crippen LogP contribution in [0.1, 0.15) is 28.4 Å². The lowest BCUT2D eigenvalue weighted by Crippen LogP contribution is -2.01. The average molecular weight is 708 g/mol. The van der Waals surface area contributed by atoms with Crippen molar-refractivity contribution in [1.82, 2.24) is 0 Å². The first-order chi connectivity index (χ1) is 17.6. The first-order valence-corrected chi connectivity index (χ1v) is 14.0. The maximum Gasteiger partial charge on any atom is 0.118 e. The molecule has 3 nitrogen and oxygen atoms in total. The van der Waals surface area contributed by atoms with Gasteiger partial charge in [-0.3, -0.25) is 0 Å². The quantitative estimate of drug-likeness (QED) is 0.217. The Hall–Kier alpha value is -1.44. The third-order valence-electron chi connectivity index (χ3n) is 5.39. The fourth-order valence-corrected chi connectivity index (χ4v) is 6.21. The van der Waals surface area contributed by atoms with Crippen LogP contribution >= 0.6 is 78.3 Å². The summed E-state index contributed by atoms with van der Waals surface area (Å²) in [6.07, 6.45) is -0.173. The van der Waals surface area contributed by atoms with Gasteiger partial charge in [-0.2, -0.15) is 0 Å². The zero-order valence-electron chi connectivity index (χ0n) is 19.7. The van der Waals surface area contributed by atoms with Gasteiger partial charge in [0.15, 0.2) is 0 Å². The molecule has 0 aliphatic heterocycles.